The topological polar surface area (TPSA) is 133 Å². The summed E-state index contributed by atoms with van der Waals surface area (Å²) >= 11 is 0.983. The molecule has 0 spiro atoms. The summed E-state index contributed by atoms with van der Waals surface area (Å²) in [4.78, 5) is 9.00. The predicted octanol–water partition coefficient (Wildman–Crippen LogP) is 4.82. The molecule has 0 radical (unpaired) electrons. The van der Waals surface area contributed by atoms with Crippen LogP contribution in [0.4, 0.5) is 0 Å². The third-order valence-corrected chi connectivity index (χ3v) is 3.56. The van der Waals surface area contributed by atoms with Gasteiger partial charge >= 0.3 is 0 Å². The Bertz CT molecular complexity index is 233. The lowest BCUT2D eigenvalue weighted by atomic mass is 10.1. The van der Waals surface area contributed by atoms with Gasteiger partial charge < -0.3 is 21.1 Å². The number of hydrogen-bond acceptors (Lipinski definition) is 4. The van der Waals surface area contributed by atoms with E-state index in [2.05, 4.69) is 18.4 Å². The monoisotopic (exact) mass is 365 g/mol. The van der Waals surface area contributed by atoms with Crippen LogP contribution in [-0.2, 0) is 4.79 Å². The number of guanidine groups is 1. The summed E-state index contributed by atoms with van der Waals surface area (Å²) in [5, 5.41) is 13.5. The van der Waals surface area contributed by atoms with Crippen LogP contribution in [0.1, 0.15) is 90.9 Å². The Morgan fingerprint density at radius 1 is 0.875 bits per heavy atom. The molecule has 0 aromatic rings. The Hall–Kier alpha value is -0.950. The molecule has 6 nitrogen and oxygen atoms in total. The maximum Gasteiger partial charge on any atom is 0.300 e. The van der Waals surface area contributed by atoms with Crippen LogP contribution < -0.4 is 11.5 Å². The van der Waals surface area contributed by atoms with Crippen molar-refractivity contribution in [1.82, 2.24) is 0 Å². The molecular weight excluding hydrogens is 326 g/mol. The second-order valence-corrected chi connectivity index (χ2v) is 6.36. The van der Waals surface area contributed by atoms with Crippen molar-refractivity contribution in [1.29, 1.82) is 5.41 Å². The number of carboxylic acid groups (broad SMARTS) is 1. The highest BCUT2D eigenvalue weighted by Crippen LogP contribution is 2.12. The first-order valence-electron chi connectivity index (χ1n) is 8.93. The van der Waals surface area contributed by atoms with E-state index in [-0.39, 0.29) is 5.96 Å². The van der Waals surface area contributed by atoms with Gasteiger partial charge in [-0.25, -0.2) is 0 Å². The smallest absolute Gasteiger partial charge is 0.300 e. The molecule has 24 heavy (non-hydrogen) atoms. The molecule has 0 amide bonds. The Morgan fingerprint density at radius 3 is 1.38 bits per heavy atom. The van der Waals surface area contributed by atoms with Crippen LogP contribution in [0.3, 0.4) is 0 Å². The third kappa shape index (κ3) is 58.3. The SMILES string of the molecule is CC(=O)O.CCCCCCCCCCCCCCSO.N=C(N)N. The van der Waals surface area contributed by atoms with Crippen molar-refractivity contribution in [3.8, 4) is 0 Å². The molecule has 0 fully saturated rings. The minimum absolute atomic E-state index is 0.333. The number of nitrogens with two attached hydrogens (primary N) is 2. The molecule has 0 aromatic carbocycles. The summed E-state index contributed by atoms with van der Waals surface area (Å²) in [6.45, 7) is 3.36. The molecule has 0 aliphatic rings. The van der Waals surface area contributed by atoms with Crippen LogP contribution in [-0.4, -0.2) is 27.3 Å². The standard InChI is InChI=1S/C14H30OS.C2H4O2.CH5N3/c1-2-3-4-5-6-7-8-9-10-11-12-13-14-16-15;1-2(3)4;2-1(3)4/h15H,2-14H2,1H3;1H3,(H,3,4);(H5,2,3,4). The molecule has 146 valence electrons. The molecular formula is C17H39N3O3S. The molecule has 0 saturated heterocycles. The van der Waals surface area contributed by atoms with E-state index < -0.39 is 5.97 Å². The fourth-order valence-electron chi connectivity index (χ4n) is 2.01. The molecule has 0 aliphatic heterocycles. The highest BCUT2D eigenvalue weighted by Gasteiger charge is 1.93. The Morgan fingerprint density at radius 2 is 1.12 bits per heavy atom. The van der Waals surface area contributed by atoms with E-state index in [4.69, 9.17) is 19.9 Å². The van der Waals surface area contributed by atoms with Gasteiger partial charge in [-0.05, 0) is 18.5 Å². The largest absolute Gasteiger partial charge is 0.481 e. The average molecular weight is 366 g/mol. The van der Waals surface area contributed by atoms with Crippen LogP contribution in [0.15, 0.2) is 0 Å². The summed E-state index contributed by atoms with van der Waals surface area (Å²) in [6, 6.07) is 0. The van der Waals surface area contributed by atoms with E-state index in [0.717, 1.165) is 24.7 Å². The summed E-state index contributed by atoms with van der Waals surface area (Å²) in [6.07, 6.45) is 16.6. The van der Waals surface area contributed by atoms with Crippen molar-refractivity contribution >= 4 is 24.0 Å². The van der Waals surface area contributed by atoms with Gasteiger partial charge in [-0.15, -0.1) is 0 Å². The molecule has 0 heterocycles. The first kappa shape index (κ1) is 27.9. The zero-order valence-corrected chi connectivity index (χ0v) is 16.4. The minimum Gasteiger partial charge on any atom is -0.481 e. The van der Waals surface area contributed by atoms with Crippen molar-refractivity contribution in [2.75, 3.05) is 5.75 Å². The Kier molecular flexibility index (Phi) is 31.3. The Balaban J connectivity index is -0.000000457. The molecule has 0 atom stereocenters. The van der Waals surface area contributed by atoms with Crippen LogP contribution in [0.5, 0.6) is 0 Å². The molecule has 7 N–H and O–H groups in total. The van der Waals surface area contributed by atoms with Gasteiger partial charge in [0.05, 0.1) is 0 Å². The average Bonchev–Trinajstić information content (AvgIpc) is 2.47. The van der Waals surface area contributed by atoms with E-state index in [0.29, 0.717) is 0 Å². The van der Waals surface area contributed by atoms with Gasteiger partial charge in [0.15, 0.2) is 5.96 Å². The van der Waals surface area contributed by atoms with Crippen molar-refractivity contribution in [2.45, 2.75) is 90.9 Å². The first-order chi connectivity index (χ1) is 11.4. The number of carbonyl (C=O) groups is 1. The van der Waals surface area contributed by atoms with Crippen LogP contribution >= 0.6 is 12.0 Å². The summed E-state index contributed by atoms with van der Waals surface area (Å²) < 4.78 is 8.54. The zero-order valence-electron chi connectivity index (χ0n) is 15.6. The zero-order chi connectivity index (χ0) is 19.1. The van der Waals surface area contributed by atoms with Gasteiger partial charge in [0, 0.05) is 12.7 Å². The fraction of sp³-hybridized carbons (Fsp3) is 0.882. The van der Waals surface area contributed by atoms with Crippen molar-refractivity contribution in [3.05, 3.63) is 0 Å². The number of hydrogen-bond donors (Lipinski definition) is 5. The van der Waals surface area contributed by atoms with Crippen molar-refractivity contribution in [3.63, 3.8) is 0 Å². The number of carboxylic acids is 1. The molecule has 7 heteroatoms. The van der Waals surface area contributed by atoms with Crippen molar-refractivity contribution in [2.24, 2.45) is 11.5 Å². The number of aliphatic carboxylic acids is 1. The summed E-state index contributed by atoms with van der Waals surface area (Å²) in [7, 11) is 0. The van der Waals surface area contributed by atoms with Crippen LogP contribution in [0.25, 0.3) is 0 Å². The Labute approximate surface area is 152 Å². The molecule has 0 rings (SSSR count). The van der Waals surface area contributed by atoms with E-state index in [1.54, 1.807) is 0 Å². The molecule has 0 aromatic heterocycles. The van der Waals surface area contributed by atoms with E-state index in [1.165, 1.54) is 77.0 Å². The van der Waals surface area contributed by atoms with Gasteiger partial charge in [0.25, 0.3) is 5.97 Å². The van der Waals surface area contributed by atoms with E-state index in [9.17, 15) is 0 Å². The van der Waals surface area contributed by atoms with Gasteiger partial charge in [-0.3, -0.25) is 10.2 Å². The number of rotatable bonds is 13. The number of nitrogens with one attached hydrogen (secondary N) is 1. The van der Waals surface area contributed by atoms with Crippen LogP contribution in [0, 0.1) is 5.41 Å². The van der Waals surface area contributed by atoms with Gasteiger partial charge in [-0.2, -0.15) is 0 Å². The highest BCUT2D eigenvalue weighted by atomic mass is 32.2. The quantitative estimate of drug-likeness (QED) is 0.137. The maximum absolute atomic E-state index is 9.00. The lowest BCUT2D eigenvalue weighted by Crippen LogP contribution is -2.20. The molecule has 0 bridgehead atoms. The molecule has 0 aliphatic carbocycles. The fourth-order valence-corrected chi connectivity index (χ4v) is 2.34. The van der Waals surface area contributed by atoms with Gasteiger partial charge in [0.2, 0.25) is 0 Å². The van der Waals surface area contributed by atoms with E-state index in [1.807, 2.05) is 0 Å². The molecule has 0 saturated carbocycles. The minimum atomic E-state index is -0.833. The first-order valence-corrected chi connectivity index (χ1v) is 9.88. The lowest BCUT2D eigenvalue weighted by molar-refractivity contribution is -0.134. The van der Waals surface area contributed by atoms with Gasteiger partial charge in [0.1, 0.15) is 0 Å². The third-order valence-electron chi connectivity index (χ3n) is 3.09. The van der Waals surface area contributed by atoms with Gasteiger partial charge in [-0.1, -0.05) is 77.6 Å². The molecule has 0 unspecified atom stereocenters. The normalized spacial score (nSPS) is 9.29. The predicted molar refractivity (Wildman–Crippen MR) is 106 cm³/mol. The second kappa shape index (κ2) is 26.9. The highest BCUT2D eigenvalue weighted by molar-refractivity contribution is 7.93. The summed E-state index contributed by atoms with van der Waals surface area (Å²) in [5.74, 6) is -0.253. The lowest BCUT2D eigenvalue weighted by Gasteiger charge is -2.02. The number of unbranched alkanes of at least 4 members (excludes halogenated alkanes) is 11. The van der Waals surface area contributed by atoms with Crippen molar-refractivity contribution < 1.29 is 14.5 Å². The maximum atomic E-state index is 9.00. The van der Waals surface area contributed by atoms with E-state index >= 15 is 0 Å². The van der Waals surface area contributed by atoms with Crippen LogP contribution in [0.2, 0.25) is 0 Å². The second-order valence-electron chi connectivity index (χ2n) is 5.70. The summed E-state index contributed by atoms with van der Waals surface area (Å²) in [5.41, 5.74) is 8.94.